The maximum Gasteiger partial charge on any atom is 0.414 e. The van der Waals surface area contributed by atoms with Crippen molar-refractivity contribution in [3.05, 3.63) is 24.3 Å². The SMILES string of the molecule is COc1ccc(N(C)C(=O)OC(C)(C)C)cc1. The summed E-state index contributed by atoms with van der Waals surface area (Å²) < 4.78 is 10.3. The van der Waals surface area contributed by atoms with E-state index in [2.05, 4.69) is 0 Å². The van der Waals surface area contributed by atoms with E-state index >= 15 is 0 Å². The van der Waals surface area contributed by atoms with Crippen LogP contribution in [0.1, 0.15) is 20.8 Å². The molecule has 0 aliphatic heterocycles. The summed E-state index contributed by atoms with van der Waals surface area (Å²) in [5.74, 6) is 0.756. The van der Waals surface area contributed by atoms with E-state index in [0.29, 0.717) is 0 Å². The van der Waals surface area contributed by atoms with Gasteiger partial charge >= 0.3 is 6.09 Å². The molecule has 1 amide bonds. The van der Waals surface area contributed by atoms with Gasteiger partial charge in [0.2, 0.25) is 0 Å². The summed E-state index contributed by atoms with van der Waals surface area (Å²) in [4.78, 5) is 13.2. The molecule has 0 heterocycles. The highest BCUT2D eigenvalue weighted by atomic mass is 16.6. The molecule has 0 unspecified atom stereocenters. The summed E-state index contributed by atoms with van der Waals surface area (Å²) >= 11 is 0. The van der Waals surface area contributed by atoms with Gasteiger partial charge in [-0.1, -0.05) is 0 Å². The first-order valence-electron chi connectivity index (χ1n) is 5.44. The Morgan fingerprint density at radius 2 is 1.71 bits per heavy atom. The Balaban J connectivity index is 2.74. The summed E-state index contributed by atoms with van der Waals surface area (Å²) in [7, 11) is 3.28. The molecule has 0 aromatic heterocycles. The lowest BCUT2D eigenvalue weighted by Crippen LogP contribution is -2.34. The highest BCUT2D eigenvalue weighted by molar-refractivity contribution is 5.87. The van der Waals surface area contributed by atoms with Crippen LogP contribution in [0.15, 0.2) is 24.3 Å². The molecule has 17 heavy (non-hydrogen) atoms. The van der Waals surface area contributed by atoms with Gasteiger partial charge in [0.25, 0.3) is 0 Å². The first-order valence-corrected chi connectivity index (χ1v) is 5.44. The van der Waals surface area contributed by atoms with Gasteiger partial charge in [0.1, 0.15) is 11.4 Å². The van der Waals surface area contributed by atoms with Crippen LogP contribution < -0.4 is 9.64 Å². The molecule has 0 bridgehead atoms. The third kappa shape index (κ3) is 3.98. The van der Waals surface area contributed by atoms with Crippen LogP contribution in [0.2, 0.25) is 0 Å². The lowest BCUT2D eigenvalue weighted by atomic mass is 10.2. The fourth-order valence-corrected chi connectivity index (χ4v) is 1.24. The van der Waals surface area contributed by atoms with Crippen LogP contribution in [0.25, 0.3) is 0 Å². The van der Waals surface area contributed by atoms with Crippen molar-refractivity contribution in [2.45, 2.75) is 26.4 Å². The van der Waals surface area contributed by atoms with Crippen LogP contribution >= 0.6 is 0 Å². The van der Waals surface area contributed by atoms with E-state index in [1.807, 2.05) is 32.9 Å². The minimum Gasteiger partial charge on any atom is -0.497 e. The molecule has 0 N–H and O–H groups in total. The molecule has 1 aromatic carbocycles. The van der Waals surface area contributed by atoms with Crippen LogP contribution in [-0.4, -0.2) is 25.9 Å². The number of ether oxygens (including phenoxy) is 2. The van der Waals surface area contributed by atoms with Crippen LogP contribution in [0.5, 0.6) is 5.75 Å². The molecule has 0 fully saturated rings. The second-order valence-corrected chi connectivity index (χ2v) is 4.74. The molecule has 1 rings (SSSR count). The maximum absolute atomic E-state index is 11.8. The van der Waals surface area contributed by atoms with Gasteiger partial charge in [-0.3, -0.25) is 4.90 Å². The summed E-state index contributed by atoms with van der Waals surface area (Å²) in [6, 6.07) is 7.22. The second-order valence-electron chi connectivity index (χ2n) is 4.74. The predicted octanol–water partition coefficient (Wildman–Crippen LogP) is 3.07. The van der Waals surface area contributed by atoms with Crippen molar-refractivity contribution in [1.29, 1.82) is 0 Å². The Labute approximate surface area is 102 Å². The number of hydrogen-bond donors (Lipinski definition) is 0. The van der Waals surface area contributed by atoms with Crippen LogP contribution in [0.3, 0.4) is 0 Å². The number of hydrogen-bond acceptors (Lipinski definition) is 3. The number of amides is 1. The molecule has 0 atom stereocenters. The summed E-state index contributed by atoms with van der Waals surface area (Å²) in [5, 5.41) is 0. The van der Waals surface area contributed by atoms with Crippen molar-refractivity contribution in [3.63, 3.8) is 0 Å². The van der Waals surface area contributed by atoms with Gasteiger partial charge in [-0.2, -0.15) is 0 Å². The highest BCUT2D eigenvalue weighted by Gasteiger charge is 2.20. The Kier molecular flexibility index (Phi) is 3.99. The van der Waals surface area contributed by atoms with Crippen molar-refractivity contribution in [2.24, 2.45) is 0 Å². The Hall–Kier alpha value is -1.71. The molecule has 0 radical (unpaired) electrons. The number of carbonyl (C=O) groups is 1. The number of rotatable bonds is 2. The van der Waals surface area contributed by atoms with E-state index in [1.54, 1.807) is 26.3 Å². The lowest BCUT2D eigenvalue weighted by Gasteiger charge is -2.24. The average molecular weight is 237 g/mol. The predicted molar refractivity (Wildman–Crippen MR) is 67.6 cm³/mol. The zero-order valence-corrected chi connectivity index (χ0v) is 11.0. The van der Waals surface area contributed by atoms with Gasteiger partial charge in [-0.05, 0) is 45.0 Å². The van der Waals surface area contributed by atoms with E-state index in [9.17, 15) is 4.79 Å². The molecule has 4 nitrogen and oxygen atoms in total. The summed E-state index contributed by atoms with van der Waals surface area (Å²) in [6.07, 6.45) is -0.373. The van der Waals surface area contributed by atoms with Gasteiger partial charge < -0.3 is 9.47 Å². The number of nitrogens with zero attached hydrogens (tertiary/aromatic N) is 1. The summed E-state index contributed by atoms with van der Waals surface area (Å²) in [5.41, 5.74) is 0.276. The topological polar surface area (TPSA) is 38.8 Å². The van der Waals surface area contributed by atoms with Gasteiger partial charge in [-0.15, -0.1) is 0 Å². The average Bonchev–Trinajstić information content (AvgIpc) is 2.26. The van der Waals surface area contributed by atoms with Crippen molar-refractivity contribution in [3.8, 4) is 5.75 Å². The van der Waals surface area contributed by atoms with E-state index in [-0.39, 0.29) is 6.09 Å². The molecule has 0 saturated heterocycles. The fraction of sp³-hybridized carbons (Fsp3) is 0.462. The third-order valence-electron chi connectivity index (χ3n) is 2.13. The quantitative estimate of drug-likeness (QED) is 0.793. The van der Waals surface area contributed by atoms with Crippen molar-refractivity contribution in [1.82, 2.24) is 0 Å². The van der Waals surface area contributed by atoms with Crippen molar-refractivity contribution < 1.29 is 14.3 Å². The Morgan fingerprint density at radius 1 is 1.18 bits per heavy atom. The van der Waals surface area contributed by atoms with Gasteiger partial charge in [0.15, 0.2) is 0 Å². The number of anilines is 1. The molecule has 94 valence electrons. The monoisotopic (exact) mass is 237 g/mol. The van der Waals surface area contributed by atoms with Gasteiger partial charge in [0.05, 0.1) is 7.11 Å². The number of methoxy groups -OCH3 is 1. The number of carbonyl (C=O) groups excluding carboxylic acids is 1. The molecule has 0 aliphatic rings. The van der Waals surface area contributed by atoms with Crippen LogP contribution in [-0.2, 0) is 4.74 Å². The molecular weight excluding hydrogens is 218 g/mol. The van der Waals surface area contributed by atoms with E-state index in [0.717, 1.165) is 11.4 Å². The van der Waals surface area contributed by atoms with Crippen LogP contribution in [0.4, 0.5) is 10.5 Å². The standard InChI is InChI=1S/C13H19NO3/c1-13(2,3)17-12(15)14(4)10-6-8-11(16-5)9-7-10/h6-9H,1-5H3. The maximum atomic E-state index is 11.8. The van der Waals surface area contributed by atoms with Gasteiger partial charge in [-0.25, -0.2) is 4.79 Å². The van der Waals surface area contributed by atoms with E-state index in [1.165, 1.54) is 4.90 Å². The molecule has 0 aliphatic carbocycles. The second kappa shape index (κ2) is 5.08. The first kappa shape index (κ1) is 13.4. The normalized spacial score (nSPS) is 10.9. The Morgan fingerprint density at radius 3 is 2.12 bits per heavy atom. The molecule has 4 heteroatoms. The van der Waals surface area contributed by atoms with Crippen molar-refractivity contribution >= 4 is 11.8 Å². The molecule has 0 spiro atoms. The third-order valence-corrected chi connectivity index (χ3v) is 2.13. The zero-order valence-electron chi connectivity index (χ0n) is 11.0. The van der Waals surface area contributed by atoms with Crippen molar-refractivity contribution in [2.75, 3.05) is 19.1 Å². The van der Waals surface area contributed by atoms with Crippen LogP contribution in [0, 0.1) is 0 Å². The Bertz CT molecular complexity index is 379. The summed E-state index contributed by atoms with van der Waals surface area (Å²) in [6.45, 7) is 5.52. The minimum absolute atomic E-state index is 0.373. The fourth-order valence-electron chi connectivity index (χ4n) is 1.24. The van der Waals surface area contributed by atoms with E-state index < -0.39 is 5.60 Å². The molecular formula is C13H19NO3. The molecule has 0 saturated carbocycles. The smallest absolute Gasteiger partial charge is 0.414 e. The van der Waals surface area contributed by atoms with E-state index in [4.69, 9.17) is 9.47 Å². The lowest BCUT2D eigenvalue weighted by molar-refractivity contribution is 0.0589. The highest BCUT2D eigenvalue weighted by Crippen LogP contribution is 2.20. The zero-order chi connectivity index (χ0) is 13.1. The van der Waals surface area contributed by atoms with Gasteiger partial charge in [0, 0.05) is 12.7 Å². The number of benzene rings is 1. The largest absolute Gasteiger partial charge is 0.497 e. The first-order chi connectivity index (χ1) is 7.83. The minimum atomic E-state index is -0.488. The molecule has 1 aromatic rings.